The summed E-state index contributed by atoms with van der Waals surface area (Å²) in [6.07, 6.45) is -2.13. The lowest BCUT2D eigenvalue weighted by Gasteiger charge is -2.16. The first-order valence-electron chi connectivity index (χ1n) is 10.3. The number of rotatable bonds is 5. The molecule has 0 unspecified atom stereocenters. The monoisotopic (exact) mass is 454 g/mol. The Morgan fingerprint density at radius 2 is 1.85 bits per heavy atom. The molecule has 33 heavy (non-hydrogen) atoms. The molecule has 1 fully saturated rings. The fraction of sp³-hybridized carbons (Fsp3) is 0.208. The number of pyridine rings is 1. The topological polar surface area (TPSA) is 59.8 Å². The van der Waals surface area contributed by atoms with Crippen molar-refractivity contribution in [2.45, 2.75) is 31.0 Å². The Hall–Kier alpha value is -3.75. The number of carbonyl (C=O) groups excluding carboxylic acids is 1. The van der Waals surface area contributed by atoms with E-state index in [0.717, 1.165) is 12.1 Å². The number of aromatic nitrogens is 3. The fourth-order valence-corrected chi connectivity index (χ4v) is 4.01. The SMILES string of the molecule is O=C(Nc1nc2ccccc2n1Cc1cccc(C(F)(F)F)c1)C1(c2ncccc2F)CC1. The molecule has 1 aliphatic carbocycles. The Labute approximate surface area is 186 Å². The van der Waals surface area contributed by atoms with Crippen molar-refractivity contribution in [3.8, 4) is 0 Å². The Kier molecular flexibility index (Phi) is 4.92. The first kappa shape index (κ1) is 21.1. The van der Waals surface area contributed by atoms with Crippen LogP contribution in [-0.2, 0) is 22.9 Å². The maximum absolute atomic E-state index is 14.3. The fourth-order valence-electron chi connectivity index (χ4n) is 4.01. The number of alkyl halides is 3. The van der Waals surface area contributed by atoms with Gasteiger partial charge in [-0.2, -0.15) is 13.2 Å². The third-order valence-corrected chi connectivity index (χ3v) is 5.87. The minimum Gasteiger partial charge on any atom is -0.305 e. The summed E-state index contributed by atoms with van der Waals surface area (Å²) in [5, 5.41) is 2.78. The standard InChI is InChI=1S/C24H18F4N4O/c25-17-7-4-12-29-20(17)23(10-11-23)21(33)31-22-30-18-8-1-2-9-19(18)32(22)14-15-5-3-6-16(13-15)24(26,27)28/h1-9,12-13H,10-11,14H2,(H,30,31,33). The lowest BCUT2D eigenvalue weighted by Crippen LogP contribution is -2.31. The summed E-state index contributed by atoms with van der Waals surface area (Å²) in [6, 6.07) is 14.8. The van der Waals surface area contributed by atoms with Crippen LogP contribution >= 0.6 is 0 Å². The molecule has 0 saturated heterocycles. The third kappa shape index (κ3) is 3.83. The molecule has 168 valence electrons. The number of para-hydroxylation sites is 2. The number of hydrogen-bond donors (Lipinski definition) is 1. The number of halogens is 4. The molecule has 2 aromatic carbocycles. The highest BCUT2D eigenvalue weighted by molar-refractivity contribution is 6.01. The van der Waals surface area contributed by atoms with Gasteiger partial charge >= 0.3 is 6.18 Å². The molecule has 0 bridgehead atoms. The molecule has 9 heteroatoms. The molecule has 0 atom stereocenters. The summed E-state index contributed by atoms with van der Waals surface area (Å²) in [5.41, 5.74) is -0.112. The number of hydrogen-bond acceptors (Lipinski definition) is 3. The number of fused-ring (bicyclic) bond motifs is 1. The van der Waals surface area contributed by atoms with Crippen molar-refractivity contribution >= 4 is 22.9 Å². The van der Waals surface area contributed by atoms with Crippen molar-refractivity contribution in [2.75, 3.05) is 5.32 Å². The second kappa shape index (κ2) is 7.68. The van der Waals surface area contributed by atoms with E-state index in [4.69, 9.17) is 0 Å². The van der Waals surface area contributed by atoms with Crippen LogP contribution in [0.15, 0.2) is 66.9 Å². The zero-order valence-electron chi connectivity index (χ0n) is 17.2. The van der Waals surface area contributed by atoms with E-state index in [1.807, 2.05) is 0 Å². The van der Waals surface area contributed by atoms with E-state index >= 15 is 0 Å². The van der Waals surface area contributed by atoms with Crippen LogP contribution in [0.5, 0.6) is 0 Å². The van der Waals surface area contributed by atoms with Crippen LogP contribution in [0.3, 0.4) is 0 Å². The highest BCUT2D eigenvalue weighted by Crippen LogP contribution is 2.49. The smallest absolute Gasteiger partial charge is 0.305 e. The lowest BCUT2D eigenvalue weighted by molar-refractivity contribution is -0.137. The van der Waals surface area contributed by atoms with E-state index in [1.54, 1.807) is 34.9 Å². The van der Waals surface area contributed by atoms with Crippen LogP contribution in [0.2, 0.25) is 0 Å². The number of carbonyl (C=O) groups is 1. The molecule has 0 radical (unpaired) electrons. The minimum absolute atomic E-state index is 0.0605. The van der Waals surface area contributed by atoms with Crippen LogP contribution in [0.4, 0.5) is 23.5 Å². The number of amides is 1. The first-order valence-corrected chi connectivity index (χ1v) is 10.3. The van der Waals surface area contributed by atoms with Gasteiger partial charge in [0.25, 0.3) is 0 Å². The summed E-state index contributed by atoms with van der Waals surface area (Å²) in [5.74, 6) is -0.815. The molecule has 2 heterocycles. The number of benzene rings is 2. The van der Waals surface area contributed by atoms with Gasteiger partial charge in [0.2, 0.25) is 11.9 Å². The largest absolute Gasteiger partial charge is 0.416 e. The van der Waals surface area contributed by atoms with Crippen LogP contribution in [0.1, 0.15) is 29.7 Å². The molecule has 1 amide bonds. The molecule has 0 spiro atoms. The maximum Gasteiger partial charge on any atom is 0.416 e. The Balaban J connectivity index is 1.51. The molecule has 1 saturated carbocycles. The summed E-state index contributed by atoms with van der Waals surface area (Å²) in [4.78, 5) is 21.7. The molecule has 1 N–H and O–H groups in total. The van der Waals surface area contributed by atoms with Gasteiger partial charge in [-0.3, -0.25) is 15.1 Å². The van der Waals surface area contributed by atoms with Gasteiger partial charge in [0, 0.05) is 6.20 Å². The van der Waals surface area contributed by atoms with E-state index in [-0.39, 0.29) is 18.2 Å². The number of nitrogens with zero attached hydrogens (tertiary/aromatic N) is 3. The first-order chi connectivity index (χ1) is 15.8. The lowest BCUT2D eigenvalue weighted by atomic mass is 10.00. The van der Waals surface area contributed by atoms with Gasteiger partial charge < -0.3 is 4.57 Å². The molecular weight excluding hydrogens is 436 g/mol. The zero-order valence-corrected chi connectivity index (χ0v) is 17.2. The number of nitrogens with one attached hydrogen (secondary N) is 1. The highest BCUT2D eigenvalue weighted by atomic mass is 19.4. The molecule has 5 nitrogen and oxygen atoms in total. The van der Waals surface area contributed by atoms with E-state index in [0.29, 0.717) is 29.4 Å². The Bertz CT molecular complexity index is 1360. The van der Waals surface area contributed by atoms with Gasteiger partial charge in [0.05, 0.1) is 34.3 Å². The van der Waals surface area contributed by atoms with E-state index in [1.165, 1.54) is 24.4 Å². The minimum atomic E-state index is -4.46. The Morgan fingerprint density at radius 3 is 2.58 bits per heavy atom. The Morgan fingerprint density at radius 1 is 1.06 bits per heavy atom. The molecule has 1 aliphatic rings. The molecule has 4 aromatic rings. The zero-order chi connectivity index (χ0) is 23.2. The molecule has 0 aliphatic heterocycles. The van der Waals surface area contributed by atoms with Gasteiger partial charge in [-0.25, -0.2) is 9.37 Å². The van der Waals surface area contributed by atoms with E-state index in [2.05, 4.69) is 15.3 Å². The van der Waals surface area contributed by atoms with Crippen molar-refractivity contribution in [1.29, 1.82) is 0 Å². The van der Waals surface area contributed by atoms with Gasteiger partial charge in [0.15, 0.2) is 0 Å². The summed E-state index contributed by atoms with van der Waals surface area (Å²) in [7, 11) is 0. The third-order valence-electron chi connectivity index (χ3n) is 5.87. The van der Waals surface area contributed by atoms with Crippen molar-refractivity contribution in [1.82, 2.24) is 14.5 Å². The second-order valence-corrected chi connectivity index (χ2v) is 8.08. The van der Waals surface area contributed by atoms with Crippen LogP contribution in [-0.4, -0.2) is 20.4 Å². The van der Waals surface area contributed by atoms with Gasteiger partial charge in [-0.1, -0.05) is 24.3 Å². The second-order valence-electron chi connectivity index (χ2n) is 8.08. The molecule has 5 rings (SSSR count). The quantitative estimate of drug-likeness (QED) is 0.416. The van der Waals surface area contributed by atoms with Crippen molar-refractivity contribution in [3.63, 3.8) is 0 Å². The number of imidazole rings is 1. The van der Waals surface area contributed by atoms with E-state index in [9.17, 15) is 22.4 Å². The summed E-state index contributed by atoms with van der Waals surface area (Å²) < 4.78 is 55.5. The maximum atomic E-state index is 14.3. The normalized spacial score (nSPS) is 14.9. The van der Waals surface area contributed by atoms with Crippen LogP contribution in [0.25, 0.3) is 11.0 Å². The van der Waals surface area contributed by atoms with E-state index < -0.39 is 28.9 Å². The summed E-state index contributed by atoms with van der Waals surface area (Å²) >= 11 is 0. The van der Waals surface area contributed by atoms with Crippen molar-refractivity contribution in [2.24, 2.45) is 0 Å². The average Bonchev–Trinajstić information content (AvgIpc) is 3.53. The van der Waals surface area contributed by atoms with Gasteiger partial charge in [-0.15, -0.1) is 0 Å². The van der Waals surface area contributed by atoms with Gasteiger partial charge in [-0.05, 0) is 54.8 Å². The van der Waals surface area contributed by atoms with Crippen LogP contribution < -0.4 is 5.32 Å². The summed E-state index contributed by atoms with van der Waals surface area (Å²) in [6.45, 7) is 0.0605. The van der Waals surface area contributed by atoms with Gasteiger partial charge in [0.1, 0.15) is 5.82 Å². The predicted molar refractivity (Wildman–Crippen MR) is 114 cm³/mol. The molecular formula is C24H18F4N4O. The van der Waals surface area contributed by atoms with Crippen molar-refractivity contribution < 1.29 is 22.4 Å². The molecule has 2 aromatic heterocycles. The predicted octanol–water partition coefficient (Wildman–Crippen LogP) is 5.31. The average molecular weight is 454 g/mol. The number of anilines is 1. The van der Waals surface area contributed by atoms with Crippen LogP contribution in [0, 0.1) is 5.82 Å². The van der Waals surface area contributed by atoms with Crippen molar-refractivity contribution in [3.05, 3.63) is 89.5 Å². The highest BCUT2D eigenvalue weighted by Gasteiger charge is 2.54.